The molecule has 0 bridgehead atoms. The minimum atomic E-state index is -0.246. The zero-order chi connectivity index (χ0) is 20.2. The first-order chi connectivity index (χ1) is 14.1. The van der Waals surface area contributed by atoms with Gasteiger partial charge in [0.1, 0.15) is 16.5 Å². The number of hydrogen-bond acceptors (Lipinski definition) is 7. The molecule has 7 nitrogen and oxygen atoms in total. The molecule has 1 fully saturated rings. The van der Waals surface area contributed by atoms with Gasteiger partial charge in [-0.2, -0.15) is 0 Å². The Morgan fingerprint density at radius 3 is 2.86 bits per heavy atom. The second-order valence-electron chi connectivity index (χ2n) is 6.78. The summed E-state index contributed by atoms with van der Waals surface area (Å²) in [5.41, 5.74) is 1.52. The van der Waals surface area contributed by atoms with Gasteiger partial charge in [0.05, 0.1) is 16.9 Å². The van der Waals surface area contributed by atoms with Crippen molar-refractivity contribution in [1.82, 2.24) is 15.3 Å². The summed E-state index contributed by atoms with van der Waals surface area (Å²) in [4.78, 5) is 21.9. The number of halogens is 1. The van der Waals surface area contributed by atoms with Crippen molar-refractivity contribution in [3.63, 3.8) is 0 Å². The molecule has 1 atom stereocenters. The van der Waals surface area contributed by atoms with Crippen molar-refractivity contribution in [1.29, 1.82) is 0 Å². The quantitative estimate of drug-likeness (QED) is 0.468. The van der Waals surface area contributed by atoms with Crippen molar-refractivity contribution in [2.45, 2.75) is 19.4 Å². The van der Waals surface area contributed by atoms with E-state index in [0.29, 0.717) is 32.6 Å². The van der Waals surface area contributed by atoms with Crippen molar-refractivity contribution in [3.05, 3.63) is 58.1 Å². The fraction of sp³-hybridized carbons (Fsp3) is 0.250. The number of hydrogen-bond donors (Lipinski definition) is 4. The van der Waals surface area contributed by atoms with Gasteiger partial charge in [-0.25, -0.2) is 9.97 Å². The number of thiazole rings is 1. The number of pyridine rings is 1. The number of nitrogens with one attached hydrogen (secondary N) is 4. The molecule has 4 rings (SSSR count). The van der Waals surface area contributed by atoms with Crippen LogP contribution in [0.25, 0.3) is 0 Å². The van der Waals surface area contributed by atoms with Crippen LogP contribution >= 0.6 is 22.9 Å². The highest BCUT2D eigenvalue weighted by molar-refractivity contribution is 7.17. The summed E-state index contributed by atoms with van der Waals surface area (Å²) in [7, 11) is 0. The van der Waals surface area contributed by atoms with Crippen molar-refractivity contribution < 1.29 is 4.79 Å². The minimum Gasteiger partial charge on any atom is -0.366 e. The lowest BCUT2D eigenvalue weighted by Gasteiger charge is -2.12. The number of aromatic nitrogens is 2. The minimum absolute atomic E-state index is 0.246. The van der Waals surface area contributed by atoms with Crippen LogP contribution in [-0.4, -0.2) is 35.0 Å². The van der Waals surface area contributed by atoms with E-state index in [9.17, 15) is 4.79 Å². The number of amides is 1. The molecule has 0 radical (unpaired) electrons. The molecule has 0 aliphatic carbocycles. The van der Waals surface area contributed by atoms with E-state index in [1.54, 1.807) is 12.3 Å². The summed E-state index contributed by atoms with van der Waals surface area (Å²) in [6, 6.07) is 11.6. The summed E-state index contributed by atoms with van der Waals surface area (Å²) in [5.74, 6) is 1.24. The lowest BCUT2D eigenvalue weighted by molar-refractivity contribution is 0.103. The number of anilines is 4. The van der Waals surface area contributed by atoms with Crippen LogP contribution in [-0.2, 0) is 0 Å². The summed E-state index contributed by atoms with van der Waals surface area (Å²) in [6.45, 7) is 3.86. The van der Waals surface area contributed by atoms with Gasteiger partial charge in [0, 0.05) is 12.6 Å². The van der Waals surface area contributed by atoms with E-state index in [4.69, 9.17) is 11.6 Å². The van der Waals surface area contributed by atoms with Crippen LogP contribution in [0.4, 0.5) is 22.5 Å². The molecule has 1 aliphatic rings. The average Bonchev–Trinajstić information content (AvgIpc) is 3.37. The zero-order valence-corrected chi connectivity index (χ0v) is 17.4. The molecule has 4 N–H and O–H groups in total. The largest absolute Gasteiger partial charge is 0.366 e. The molecule has 0 saturated carbocycles. The van der Waals surface area contributed by atoms with Gasteiger partial charge in [-0.05, 0) is 43.7 Å². The van der Waals surface area contributed by atoms with Gasteiger partial charge in [0.2, 0.25) is 0 Å². The summed E-state index contributed by atoms with van der Waals surface area (Å²) < 4.78 is 0. The number of nitrogens with zero attached hydrogens (tertiary/aromatic N) is 2. The van der Waals surface area contributed by atoms with E-state index < -0.39 is 0 Å². The molecule has 0 unspecified atom stereocenters. The molecule has 1 saturated heterocycles. The molecule has 0 spiro atoms. The van der Waals surface area contributed by atoms with Crippen LogP contribution in [0.1, 0.15) is 21.7 Å². The topological polar surface area (TPSA) is 91.0 Å². The number of rotatable bonds is 6. The highest BCUT2D eigenvalue weighted by Gasteiger charge is 2.16. The molecule has 1 aliphatic heterocycles. The second-order valence-corrected chi connectivity index (χ2v) is 8.22. The molecular weight excluding hydrogens is 408 g/mol. The maximum atomic E-state index is 12.6. The van der Waals surface area contributed by atoms with Gasteiger partial charge in [-0.1, -0.05) is 41.1 Å². The van der Waals surface area contributed by atoms with E-state index in [1.165, 1.54) is 11.3 Å². The fourth-order valence-electron chi connectivity index (χ4n) is 3.08. The molecule has 2 aromatic heterocycles. The van der Waals surface area contributed by atoms with Gasteiger partial charge in [-0.3, -0.25) is 4.79 Å². The average molecular weight is 429 g/mol. The molecule has 9 heteroatoms. The summed E-state index contributed by atoms with van der Waals surface area (Å²) in [6.07, 6.45) is 2.62. The van der Waals surface area contributed by atoms with Crippen LogP contribution in [0.15, 0.2) is 42.6 Å². The van der Waals surface area contributed by atoms with Gasteiger partial charge in [0.15, 0.2) is 5.13 Å². The predicted molar refractivity (Wildman–Crippen MR) is 119 cm³/mol. The molecule has 1 amide bonds. The van der Waals surface area contributed by atoms with Crippen LogP contribution < -0.4 is 21.3 Å². The van der Waals surface area contributed by atoms with Crippen molar-refractivity contribution in [2.24, 2.45) is 0 Å². The number of carbonyl (C=O) groups excluding carboxylic acids is 1. The van der Waals surface area contributed by atoms with E-state index in [0.717, 1.165) is 30.9 Å². The maximum Gasteiger partial charge on any atom is 0.267 e. The summed E-state index contributed by atoms with van der Waals surface area (Å²) >= 11 is 7.45. The molecule has 3 heterocycles. The molecule has 1 aromatic carbocycles. The Morgan fingerprint density at radius 1 is 1.24 bits per heavy atom. The monoisotopic (exact) mass is 428 g/mol. The number of carbonyl (C=O) groups is 1. The van der Waals surface area contributed by atoms with E-state index in [1.807, 2.05) is 37.3 Å². The molecule has 150 valence electrons. The third-order valence-electron chi connectivity index (χ3n) is 4.59. The first-order valence-corrected chi connectivity index (χ1v) is 10.5. The third-order valence-corrected chi connectivity index (χ3v) is 5.81. The maximum absolute atomic E-state index is 12.6. The number of benzene rings is 1. The van der Waals surface area contributed by atoms with Crippen molar-refractivity contribution >= 4 is 51.3 Å². The summed E-state index contributed by atoms with van der Waals surface area (Å²) in [5, 5.41) is 13.9. The van der Waals surface area contributed by atoms with Crippen molar-refractivity contribution in [2.75, 3.05) is 29.0 Å². The van der Waals surface area contributed by atoms with Gasteiger partial charge in [-0.15, -0.1) is 0 Å². The smallest absolute Gasteiger partial charge is 0.267 e. The van der Waals surface area contributed by atoms with E-state index in [-0.39, 0.29) is 5.91 Å². The van der Waals surface area contributed by atoms with Gasteiger partial charge < -0.3 is 21.3 Å². The van der Waals surface area contributed by atoms with Crippen LogP contribution in [0.2, 0.25) is 5.02 Å². The van der Waals surface area contributed by atoms with Crippen LogP contribution in [0.5, 0.6) is 0 Å². The Labute approximate surface area is 177 Å². The first-order valence-electron chi connectivity index (χ1n) is 9.32. The molecule has 3 aromatic rings. The van der Waals surface area contributed by atoms with E-state index in [2.05, 4.69) is 31.2 Å². The second kappa shape index (κ2) is 8.77. The SMILES string of the molecule is Cc1cccc(Cl)c1NC(=O)c1cnc(Nc2cccc(N[C@H]3CCNC3)n2)s1. The fourth-order valence-corrected chi connectivity index (χ4v) is 4.07. The van der Waals surface area contributed by atoms with Crippen molar-refractivity contribution in [3.8, 4) is 0 Å². The Balaban J connectivity index is 1.42. The molecule has 29 heavy (non-hydrogen) atoms. The van der Waals surface area contributed by atoms with Gasteiger partial charge >= 0.3 is 0 Å². The number of aryl methyl sites for hydroxylation is 1. The van der Waals surface area contributed by atoms with Gasteiger partial charge in [0.25, 0.3) is 5.91 Å². The molecular formula is C20H21ClN6OS. The van der Waals surface area contributed by atoms with Crippen LogP contribution in [0, 0.1) is 6.92 Å². The normalized spacial score (nSPS) is 15.9. The zero-order valence-electron chi connectivity index (χ0n) is 15.8. The Bertz CT molecular complexity index is 997. The Hall–Kier alpha value is -2.68. The highest BCUT2D eigenvalue weighted by Crippen LogP contribution is 2.28. The lowest BCUT2D eigenvalue weighted by atomic mass is 10.2. The number of para-hydroxylation sites is 1. The highest BCUT2D eigenvalue weighted by atomic mass is 35.5. The Morgan fingerprint density at radius 2 is 2.07 bits per heavy atom. The standard InChI is InChI=1S/C20H21ClN6OS/c1-12-4-2-5-14(21)18(12)27-19(28)15-11-23-20(29-15)26-17-7-3-6-16(25-17)24-13-8-9-22-10-13/h2-7,11,13,22H,8-10H2,1H3,(H,27,28)(H2,23,24,25,26)/t13-/m0/s1. The third kappa shape index (κ3) is 4.84. The van der Waals surface area contributed by atoms with E-state index >= 15 is 0 Å². The Kier molecular flexibility index (Phi) is 5.94. The predicted octanol–water partition coefficient (Wildman–Crippen LogP) is 4.27. The first kappa shape index (κ1) is 19.6. The van der Waals surface area contributed by atoms with Crippen LogP contribution in [0.3, 0.4) is 0 Å². The lowest BCUT2D eigenvalue weighted by Crippen LogP contribution is -2.22.